The topological polar surface area (TPSA) is 69.0 Å². The summed E-state index contributed by atoms with van der Waals surface area (Å²) in [6.45, 7) is 4.04. The van der Waals surface area contributed by atoms with Crippen LogP contribution in [0.1, 0.15) is 34.5 Å². The molecule has 1 unspecified atom stereocenters. The summed E-state index contributed by atoms with van der Waals surface area (Å²) in [7, 11) is 0. The number of aryl methyl sites for hydroxylation is 1. The molecule has 0 saturated heterocycles. The Hall–Kier alpha value is -3.43. The number of benzene rings is 2. The SMILES string of the molecule is CC1=C(C(=O)OCc2ccccc2)C(c2sccc2C)n2nc(SCc3ccccc3F)nc2N1. The van der Waals surface area contributed by atoms with Crippen LogP contribution in [-0.2, 0) is 21.9 Å². The van der Waals surface area contributed by atoms with Crippen molar-refractivity contribution in [1.29, 1.82) is 0 Å². The maximum atomic E-state index is 14.1. The van der Waals surface area contributed by atoms with Crippen molar-refractivity contribution >= 4 is 35.0 Å². The first-order valence-corrected chi connectivity index (χ1v) is 12.9. The van der Waals surface area contributed by atoms with Crippen LogP contribution < -0.4 is 5.32 Å². The van der Waals surface area contributed by atoms with Crippen LogP contribution in [-0.4, -0.2) is 20.7 Å². The highest BCUT2D eigenvalue weighted by molar-refractivity contribution is 7.98. The molecule has 0 saturated carbocycles. The third-order valence-electron chi connectivity index (χ3n) is 5.73. The summed E-state index contributed by atoms with van der Waals surface area (Å²) in [5.41, 5.74) is 3.73. The lowest BCUT2D eigenvalue weighted by molar-refractivity contribution is -0.140. The highest BCUT2D eigenvalue weighted by Gasteiger charge is 2.36. The number of carbonyl (C=O) groups is 1. The molecular weight excluding hydrogens is 483 g/mol. The molecule has 5 rings (SSSR count). The lowest BCUT2D eigenvalue weighted by Crippen LogP contribution is -2.29. The number of thioether (sulfide) groups is 1. The molecule has 2 aromatic heterocycles. The Labute approximate surface area is 210 Å². The van der Waals surface area contributed by atoms with Crippen LogP contribution in [0, 0.1) is 12.7 Å². The molecule has 2 aromatic carbocycles. The molecule has 1 aliphatic heterocycles. The summed E-state index contributed by atoms with van der Waals surface area (Å²) in [6.07, 6.45) is 0. The van der Waals surface area contributed by atoms with Crippen molar-refractivity contribution in [1.82, 2.24) is 14.8 Å². The fraction of sp³-hybridized carbons (Fsp3) is 0.192. The number of fused-ring (bicyclic) bond motifs is 1. The van der Waals surface area contributed by atoms with E-state index in [1.807, 2.05) is 61.7 Å². The average Bonchev–Trinajstić information content (AvgIpc) is 3.47. The molecule has 1 N–H and O–H groups in total. The Morgan fingerprint density at radius 1 is 1.14 bits per heavy atom. The van der Waals surface area contributed by atoms with Crippen LogP contribution in [0.25, 0.3) is 0 Å². The van der Waals surface area contributed by atoms with E-state index in [2.05, 4.69) is 10.3 Å². The summed E-state index contributed by atoms with van der Waals surface area (Å²) in [5, 5.41) is 10.4. The van der Waals surface area contributed by atoms with Crippen LogP contribution in [0.4, 0.5) is 10.3 Å². The molecule has 1 atom stereocenters. The minimum Gasteiger partial charge on any atom is -0.457 e. The number of aromatic nitrogens is 3. The minimum absolute atomic E-state index is 0.181. The number of anilines is 1. The van der Waals surface area contributed by atoms with Crippen molar-refractivity contribution in [2.24, 2.45) is 0 Å². The monoisotopic (exact) mass is 506 g/mol. The Bertz CT molecular complexity index is 1400. The zero-order chi connectivity index (χ0) is 24.4. The Morgan fingerprint density at radius 3 is 2.66 bits per heavy atom. The number of carbonyl (C=O) groups excluding carboxylic acids is 1. The van der Waals surface area contributed by atoms with Gasteiger partial charge in [0.2, 0.25) is 11.1 Å². The third-order valence-corrected chi connectivity index (χ3v) is 7.69. The fourth-order valence-electron chi connectivity index (χ4n) is 3.92. The lowest BCUT2D eigenvalue weighted by Gasteiger charge is -2.27. The molecule has 0 bridgehead atoms. The number of hydrogen-bond acceptors (Lipinski definition) is 7. The first kappa shape index (κ1) is 23.3. The van der Waals surface area contributed by atoms with Crippen LogP contribution in [0.3, 0.4) is 0 Å². The predicted octanol–water partition coefficient (Wildman–Crippen LogP) is 6.11. The number of rotatable bonds is 7. The van der Waals surface area contributed by atoms with Gasteiger partial charge in [-0.2, -0.15) is 4.98 Å². The minimum atomic E-state index is -0.468. The smallest absolute Gasteiger partial charge is 0.338 e. The second-order valence-corrected chi connectivity index (χ2v) is 10.0. The molecule has 35 heavy (non-hydrogen) atoms. The van der Waals surface area contributed by atoms with E-state index in [1.54, 1.807) is 28.2 Å². The van der Waals surface area contributed by atoms with Gasteiger partial charge in [-0.1, -0.05) is 60.3 Å². The van der Waals surface area contributed by atoms with Crippen molar-refractivity contribution in [2.45, 2.75) is 37.4 Å². The molecule has 6 nitrogen and oxygen atoms in total. The molecule has 0 amide bonds. The number of hydrogen-bond donors (Lipinski definition) is 1. The number of ether oxygens (including phenoxy) is 1. The lowest BCUT2D eigenvalue weighted by atomic mass is 10.00. The molecule has 0 spiro atoms. The molecule has 0 radical (unpaired) electrons. The van der Waals surface area contributed by atoms with Crippen LogP contribution in [0.5, 0.6) is 0 Å². The van der Waals surface area contributed by atoms with Gasteiger partial charge in [-0.25, -0.2) is 13.9 Å². The number of nitrogens with one attached hydrogen (secondary N) is 1. The van der Waals surface area contributed by atoms with E-state index in [-0.39, 0.29) is 12.4 Å². The van der Waals surface area contributed by atoms with Crippen molar-refractivity contribution < 1.29 is 13.9 Å². The third kappa shape index (κ3) is 4.87. The second kappa shape index (κ2) is 10.1. The molecule has 1 aliphatic rings. The van der Waals surface area contributed by atoms with E-state index < -0.39 is 12.0 Å². The van der Waals surface area contributed by atoms with Crippen LogP contribution in [0.15, 0.2) is 82.5 Å². The average molecular weight is 507 g/mol. The maximum Gasteiger partial charge on any atom is 0.338 e. The van der Waals surface area contributed by atoms with Gasteiger partial charge in [0.05, 0.1) is 5.57 Å². The van der Waals surface area contributed by atoms with Crippen LogP contribution >= 0.6 is 23.1 Å². The maximum absolute atomic E-state index is 14.1. The first-order valence-electron chi connectivity index (χ1n) is 11.1. The summed E-state index contributed by atoms with van der Waals surface area (Å²) in [4.78, 5) is 19.0. The fourth-order valence-corrected chi connectivity index (χ4v) is 5.76. The van der Waals surface area contributed by atoms with Crippen LogP contribution in [0.2, 0.25) is 0 Å². The van der Waals surface area contributed by atoms with E-state index >= 15 is 0 Å². The second-order valence-electron chi connectivity index (χ2n) is 8.14. The number of thiophene rings is 1. The van der Waals surface area contributed by atoms with Gasteiger partial charge in [0, 0.05) is 16.3 Å². The molecule has 9 heteroatoms. The number of esters is 1. The largest absolute Gasteiger partial charge is 0.457 e. The summed E-state index contributed by atoms with van der Waals surface area (Å²) >= 11 is 2.91. The normalized spacial score (nSPS) is 15.0. The highest BCUT2D eigenvalue weighted by Crippen LogP contribution is 2.40. The van der Waals surface area contributed by atoms with Crippen molar-refractivity contribution in [3.8, 4) is 0 Å². The van der Waals surface area contributed by atoms with Gasteiger partial charge < -0.3 is 10.1 Å². The zero-order valence-corrected chi connectivity index (χ0v) is 20.8. The molecule has 3 heterocycles. The number of nitrogens with zero attached hydrogens (tertiary/aromatic N) is 3. The molecule has 4 aromatic rings. The Morgan fingerprint density at radius 2 is 1.91 bits per heavy atom. The molecule has 178 valence electrons. The van der Waals surface area contributed by atoms with Crippen molar-refractivity contribution in [3.05, 3.63) is 105 Å². The molecule has 0 aliphatic carbocycles. The quantitative estimate of drug-likeness (QED) is 0.241. The Kier molecular flexibility index (Phi) is 6.70. The van der Waals surface area contributed by atoms with E-state index in [4.69, 9.17) is 9.84 Å². The van der Waals surface area contributed by atoms with Crippen molar-refractivity contribution in [3.63, 3.8) is 0 Å². The first-order chi connectivity index (χ1) is 17.0. The molecule has 0 fully saturated rings. The zero-order valence-electron chi connectivity index (χ0n) is 19.2. The Balaban J connectivity index is 1.44. The van der Waals surface area contributed by atoms with E-state index in [1.165, 1.54) is 17.8 Å². The standard InChI is InChI=1S/C26H23FN4O2S2/c1-16-12-13-34-23(16)22-21(24(32)33-14-18-8-4-3-5-9-18)17(2)28-25-29-26(30-31(22)25)35-15-19-10-6-7-11-20(19)27/h3-13,22H,14-15H2,1-2H3,(H,28,29,30). The van der Waals surface area contributed by atoms with E-state index in [0.717, 1.165) is 16.0 Å². The van der Waals surface area contributed by atoms with Gasteiger partial charge in [-0.15, -0.1) is 16.4 Å². The van der Waals surface area contributed by atoms with Gasteiger partial charge in [0.1, 0.15) is 18.5 Å². The van der Waals surface area contributed by atoms with Gasteiger partial charge in [0.15, 0.2) is 0 Å². The molecular formula is C26H23FN4O2S2. The summed E-state index contributed by atoms with van der Waals surface area (Å²) < 4.78 is 21.5. The summed E-state index contributed by atoms with van der Waals surface area (Å²) in [5.74, 6) is 0.279. The van der Waals surface area contributed by atoms with E-state index in [9.17, 15) is 9.18 Å². The van der Waals surface area contributed by atoms with E-state index in [0.29, 0.717) is 33.7 Å². The van der Waals surface area contributed by atoms with Gasteiger partial charge in [-0.3, -0.25) is 0 Å². The summed E-state index contributed by atoms with van der Waals surface area (Å²) in [6, 6.07) is 17.8. The van der Waals surface area contributed by atoms with Gasteiger partial charge in [0.25, 0.3) is 0 Å². The van der Waals surface area contributed by atoms with Gasteiger partial charge in [-0.05, 0) is 48.1 Å². The van der Waals surface area contributed by atoms with Crippen molar-refractivity contribution in [2.75, 3.05) is 5.32 Å². The number of halogens is 1. The highest BCUT2D eigenvalue weighted by atomic mass is 32.2. The van der Waals surface area contributed by atoms with Gasteiger partial charge >= 0.3 is 5.97 Å². The number of allylic oxidation sites excluding steroid dienone is 1. The predicted molar refractivity (Wildman–Crippen MR) is 136 cm³/mol.